The number of hydrogen-bond acceptors (Lipinski definition) is 3. The van der Waals surface area contributed by atoms with Crippen molar-refractivity contribution in [1.82, 2.24) is 0 Å². The molecule has 0 aliphatic carbocycles. The molecule has 0 unspecified atom stereocenters. The Hall–Kier alpha value is -0.500. The van der Waals surface area contributed by atoms with Gasteiger partial charge in [-0.3, -0.25) is 4.72 Å². The molecule has 1 aromatic rings. The van der Waals surface area contributed by atoms with E-state index in [1.165, 1.54) is 6.07 Å². The minimum Gasteiger partial charge on any atom is -0.490 e. The van der Waals surface area contributed by atoms with Crippen molar-refractivity contribution in [2.75, 3.05) is 11.3 Å². The van der Waals surface area contributed by atoms with Gasteiger partial charge in [0.2, 0.25) is 0 Å². The molecule has 0 aliphatic rings. The van der Waals surface area contributed by atoms with Gasteiger partial charge < -0.3 is 4.74 Å². The van der Waals surface area contributed by atoms with Crippen molar-refractivity contribution in [2.24, 2.45) is 5.14 Å². The predicted octanol–water partition coefficient (Wildman–Crippen LogP) is 2.12. The lowest BCUT2D eigenvalue weighted by molar-refractivity contribution is 0.340. The van der Waals surface area contributed by atoms with Gasteiger partial charge >= 0.3 is 0 Å². The SMILES string of the molecule is CCOc1c(Br)cc(Cl)cc1NS(N)(=O)=O. The van der Waals surface area contributed by atoms with E-state index in [9.17, 15) is 8.42 Å². The zero-order valence-electron chi connectivity index (χ0n) is 8.33. The van der Waals surface area contributed by atoms with Crippen LogP contribution in [0.3, 0.4) is 0 Å². The van der Waals surface area contributed by atoms with E-state index >= 15 is 0 Å². The summed E-state index contributed by atoms with van der Waals surface area (Å²) < 4.78 is 29.8. The van der Waals surface area contributed by atoms with Crippen molar-refractivity contribution >= 4 is 43.4 Å². The summed E-state index contributed by atoms with van der Waals surface area (Å²) in [5, 5.41) is 5.24. The van der Waals surface area contributed by atoms with Crippen LogP contribution in [0.1, 0.15) is 6.92 Å². The second-order valence-corrected chi connectivity index (χ2v) is 5.43. The van der Waals surface area contributed by atoms with E-state index in [-0.39, 0.29) is 5.69 Å². The summed E-state index contributed by atoms with van der Waals surface area (Å²) in [6.07, 6.45) is 0. The maximum atomic E-state index is 10.9. The minimum absolute atomic E-state index is 0.198. The average molecular weight is 330 g/mol. The fraction of sp³-hybridized carbons (Fsp3) is 0.250. The lowest BCUT2D eigenvalue weighted by Crippen LogP contribution is -2.22. The number of halogens is 2. The van der Waals surface area contributed by atoms with Gasteiger partial charge in [-0.15, -0.1) is 0 Å². The third-order valence-corrected chi connectivity index (χ3v) is 2.86. The van der Waals surface area contributed by atoms with Crippen LogP contribution in [-0.4, -0.2) is 15.0 Å². The van der Waals surface area contributed by atoms with Gasteiger partial charge in [0.25, 0.3) is 10.2 Å². The van der Waals surface area contributed by atoms with Gasteiger partial charge in [0.05, 0.1) is 16.8 Å². The Bertz CT molecular complexity index is 492. The van der Waals surface area contributed by atoms with Crippen LogP contribution in [0.15, 0.2) is 16.6 Å². The van der Waals surface area contributed by atoms with E-state index in [4.69, 9.17) is 21.5 Å². The average Bonchev–Trinajstić information content (AvgIpc) is 2.08. The molecule has 8 heteroatoms. The van der Waals surface area contributed by atoms with Crippen molar-refractivity contribution in [1.29, 1.82) is 0 Å². The van der Waals surface area contributed by atoms with E-state index in [2.05, 4.69) is 20.7 Å². The van der Waals surface area contributed by atoms with Crippen LogP contribution in [0.25, 0.3) is 0 Å². The molecule has 0 atom stereocenters. The van der Waals surface area contributed by atoms with Gasteiger partial charge in [-0.2, -0.15) is 8.42 Å². The molecule has 0 spiro atoms. The van der Waals surface area contributed by atoms with Crippen LogP contribution >= 0.6 is 27.5 Å². The molecule has 5 nitrogen and oxygen atoms in total. The summed E-state index contributed by atoms with van der Waals surface area (Å²) in [6, 6.07) is 3.02. The molecule has 0 radical (unpaired) electrons. The number of nitrogens with one attached hydrogen (secondary N) is 1. The number of benzene rings is 1. The second kappa shape index (κ2) is 5.22. The minimum atomic E-state index is -3.86. The second-order valence-electron chi connectivity index (χ2n) is 2.84. The molecule has 0 amide bonds. The Labute approximate surface area is 107 Å². The third kappa shape index (κ3) is 3.82. The van der Waals surface area contributed by atoms with Gasteiger partial charge in [0.1, 0.15) is 0 Å². The molecule has 1 aromatic carbocycles. The molecule has 0 bridgehead atoms. The highest BCUT2D eigenvalue weighted by molar-refractivity contribution is 9.10. The summed E-state index contributed by atoms with van der Waals surface area (Å²) in [6.45, 7) is 2.17. The predicted molar refractivity (Wildman–Crippen MR) is 67.1 cm³/mol. The van der Waals surface area contributed by atoms with E-state index in [1.807, 2.05) is 0 Å². The highest BCUT2D eigenvalue weighted by atomic mass is 79.9. The molecule has 90 valence electrons. The molecule has 16 heavy (non-hydrogen) atoms. The smallest absolute Gasteiger partial charge is 0.296 e. The van der Waals surface area contributed by atoms with Gasteiger partial charge in [0, 0.05) is 5.02 Å². The fourth-order valence-corrected chi connectivity index (χ4v) is 2.46. The first kappa shape index (κ1) is 13.6. The van der Waals surface area contributed by atoms with E-state index in [1.54, 1.807) is 13.0 Å². The molecular formula is C8H10BrClN2O3S. The van der Waals surface area contributed by atoms with Crippen molar-refractivity contribution in [3.05, 3.63) is 21.6 Å². The number of anilines is 1. The van der Waals surface area contributed by atoms with Crippen LogP contribution in [-0.2, 0) is 10.2 Å². The summed E-state index contributed by atoms with van der Waals surface area (Å²) in [4.78, 5) is 0. The van der Waals surface area contributed by atoms with E-state index < -0.39 is 10.2 Å². The molecule has 0 aromatic heterocycles. The topological polar surface area (TPSA) is 81.4 Å². The molecule has 0 fully saturated rings. The monoisotopic (exact) mass is 328 g/mol. The maximum absolute atomic E-state index is 10.9. The number of ether oxygens (including phenoxy) is 1. The van der Waals surface area contributed by atoms with Crippen molar-refractivity contribution in [2.45, 2.75) is 6.92 Å². The molecule has 0 saturated heterocycles. The molecule has 1 rings (SSSR count). The lowest BCUT2D eigenvalue weighted by Gasteiger charge is -2.13. The van der Waals surface area contributed by atoms with Crippen molar-refractivity contribution < 1.29 is 13.2 Å². The maximum Gasteiger partial charge on any atom is 0.296 e. The molecular weight excluding hydrogens is 320 g/mol. The largest absolute Gasteiger partial charge is 0.490 e. The zero-order valence-corrected chi connectivity index (χ0v) is 11.5. The Morgan fingerprint density at radius 3 is 2.69 bits per heavy atom. The van der Waals surface area contributed by atoms with E-state index in [0.717, 1.165) is 0 Å². The Kier molecular flexibility index (Phi) is 4.43. The van der Waals surface area contributed by atoms with Crippen LogP contribution in [0.2, 0.25) is 5.02 Å². The van der Waals surface area contributed by atoms with Gasteiger partial charge in [0.15, 0.2) is 5.75 Å². The number of hydrogen-bond donors (Lipinski definition) is 2. The Morgan fingerprint density at radius 1 is 1.56 bits per heavy atom. The van der Waals surface area contributed by atoms with Gasteiger partial charge in [-0.1, -0.05) is 11.6 Å². The lowest BCUT2D eigenvalue weighted by atomic mass is 10.3. The van der Waals surface area contributed by atoms with Gasteiger partial charge in [-0.05, 0) is 35.0 Å². The highest BCUT2D eigenvalue weighted by Gasteiger charge is 2.13. The van der Waals surface area contributed by atoms with Crippen LogP contribution in [0.5, 0.6) is 5.75 Å². The van der Waals surface area contributed by atoms with Crippen LogP contribution in [0.4, 0.5) is 5.69 Å². The van der Waals surface area contributed by atoms with Gasteiger partial charge in [-0.25, -0.2) is 5.14 Å². The standard InChI is InChI=1S/C8H10BrClN2O3S/c1-2-15-8-6(9)3-5(10)4-7(8)12-16(11,13)14/h3-4,12H,2H2,1H3,(H2,11,13,14). The Morgan fingerprint density at radius 2 is 2.19 bits per heavy atom. The summed E-state index contributed by atoms with van der Waals surface area (Å²) in [5.74, 6) is 0.348. The first-order valence-corrected chi connectivity index (χ1v) is 6.97. The molecule has 3 N–H and O–H groups in total. The zero-order chi connectivity index (χ0) is 12.3. The first-order chi connectivity index (χ1) is 7.33. The van der Waals surface area contributed by atoms with E-state index in [0.29, 0.717) is 21.9 Å². The first-order valence-electron chi connectivity index (χ1n) is 4.26. The van der Waals surface area contributed by atoms with Crippen molar-refractivity contribution in [3.8, 4) is 5.75 Å². The van der Waals surface area contributed by atoms with Crippen molar-refractivity contribution in [3.63, 3.8) is 0 Å². The normalized spacial score (nSPS) is 11.2. The summed E-state index contributed by atoms with van der Waals surface area (Å²) in [7, 11) is -3.86. The number of nitrogens with two attached hydrogens (primary N) is 1. The molecule has 0 aliphatic heterocycles. The highest BCUT2D eigenvalue weighted by Crippen LogP contribution is 2.36. The number of rotatable bonds is 4. The molecule has 0 saturated carbocycles. The fourth-order valence-electron chi connectivity index (χ4n) is 1.08. The Balaban J connectivity index is 3.23. The molecule has 0 heterocycles. The summed E-state index contributed by atoms with van der Waals surface area (Å²) in [5.41, 5.74) is 0.198. The summed E-state index contributed by atoms with van der Waals surface area (Å²) >= 11 is 9.01. The van der Waals surface area contributed by atoms with Crippen LogP contribution < -0.4 is 14.6 Å². The van der Waals surface area contributed by atoms with Crippen LogP contribution in [0, 0.1) is 0 Å². The quantitative estimate of drug-likeness (QED) is 0.887. The third-order valence-electron chi connectivity index (χ3n) is 1.55.